The average Bonchev–Trinajstić information content (AvgIpc) is 3.66. The third kappa shape index (κ3) is 4.43. The highest BCUT2D eigenvalue weighted by Crippen LogP contribution is 2.63. The van der Waals surface area contributed by atoms with Gasteiger partial charge in [0.1, 0.15) is 10.6 Å². The summed E-state index contributed by atoms with van der Waals surface area (Å²) in [5.41, 5.74) is -9.96. The number of hydrogen-bond acceptors (Lipinski definition) is 4. The second-order valence-electron chi connectivity index (χ2n) is 11.7. The molecule has 5 rings (SSSR count). The Labute approximate surface area is 240 Å². The highest BCUT2D eigenvalue weighted by molar-refractivity contribution is 7.92. The minimum absolute atomic E-state index is 0.0601. The molecule has 2 aliphatic carbocycles. The molecule has 1 aliphatic heterocycles. The van der Waals surface area contributed by atoms with Gasteiger partial charge in [-0.1, -0.05) is 24.3 Å². The molecule has 3 fully saturated rings. The van der Waals surface area contributed by atoms with Crippen LogP contribution >= 0.6 is 0 Å². The van der Waals surface area contributed by atoms with Crippen LogP contribution in [0.15, 0.2) is 53.4 Å². The summed E-state index contributed by atoms with van der Waals surface area (Å²) in [6.45, 7) is -0.743. The van der Waals surface area contributed by atoms with E-state index in [1.54, 1.807) is 0 Å². The molecule has 2 bridgehead atoms. The van der Waals surface area contributed by atoms with Gasteiger partial charge in [0.2, 0.25) is 5.91 Å². The van der Waals surface area contributed by atoms with Gasteiger partial charge in [-0.25, -0.2) is 17.2 Å². The summed E-state index contributed by atoms with van der Waals surface area (Å²) < 4.78 is 134. The number of fused-ring (bicyclic) bond motifs is 2. The van der Waals surface area contributed by atoms with Gasteiger partial charge in [0.05, 0.1) is 15.7 Å². The molecule has 1 saturated heterocycles. The molecular weight excluding hydrogens is 614 g/mol. The average molecular weight is 640 g/mol. The van der Waals surface area contributed by atoms with Crippen LogP contribution in [0.5, 0.6) is 0 Å². The van der Waals surface area contributed by atoms with E-state index in [1.165, 1.54) is 4.90 Å². The zero-order valence-corrected chi connectivity index (χ0v) is 23.1. The maximum Gasteiger partial charge on any atom is 0.435 e. The van der Waals surface area contributed by atoms with Crippen LogP contribution in [0.2, 0.25) is 0 Å². The summed E-state index contributed by atoms with van der Waals surface area (Å²) >= 11 is 0. The molecule has 2 saturated carbocycles. The number of likely N-dealkylation sites (tertiary alicyclic amines) is 1. The second kappa shape index (κ2) is 9.63. The monoisotopic (exact) mass is 639 g/mol. The van der Waals surface area contributed by atoms with Gasteiger partial charge in [0, 0.05) is 18.7 Å². The summed E-state index contributed by atoms with van der Waals surface area (Å²) in [5.74, 6) is -2.29. The normalized spacial score (nSPS) is 28.0. The molecule has 43 heavy (non-hydrogen) atoms. The van der Waals surface area contributed by atoms with Crippen LogP contribution < -0.4 is 0 Å². The Morgan fingerprint density at radius 2 is 1.28 bits per heavy atom. The Hall–Kier alpha value is -3.23. The highest BCUT2D eigenvalue weighted by atomic mass is 32.2. The fourth-order valence-electron chi connectivity index (χ4n) is 7.02. The Kier molecular flexibility index (Phi) is 6.99. The molecular formula is C28H25F8NO5S. The Morgan fingerprint density at radius 1 is 0.767 bits per heavy atom. The van der Waals surface area contributed by atoms with Gasteiger partial charge in [0.25, 0.3) is 0 Å². The number of amides is 1. The first-order valence-electron chi connectivity index (χ1n) is 13.2. The number of benzene rings is 2. The number of aliphatic carboxylic acids is 1. The summed E-state index contributed by atoms with van der Waals surface area (Å²) in [6.07, 6.45) is -12.0. The lowest BCUT2D eigenvalue weighted by Gasteiger charge is -2.34. The molecule has 0 radical (unpaired) electrons. The van der Waals surface area contributed by atoms with Gasteiger partial charge in [-0.05, 0) is 68.4 Å². The first kappa shape index (κ1) is 31.2. The van der Waals surface area contributed by atoms with Crippen LogP contribution in [0, 0.1) is 16.6 Å². The third-order valence-corrected chi connectivity index (χ3v) is 12.0. The van der Waals surface area contributed by atoms with Gasteiger partial charge in [-0.3, -0.25) is 9.59 Å². The van der Waals surface area contributed by atoms with Crippen LogP contribution in [-0.4, -0.2) is 55.7 Å². The molecule has 234 valence electrons. The number of sulfone groups is 1. The third-order valence-electron chi connectivity index (χ3n) is 9.50. The van der Waals surface area contributed by atoms with E-state index in [1.807, 2.05) is 0 Å². The second-order valence-corrected chi connectivity index (χ2v) is 14.0. The van der Waals surface area contributed by atoms with E-state index in [0.29, 0.717) is 12.1 Å². The first-order valence-corrected chi connectivity index (χ1v) is 14.7. The predicted molar refractivity (Wildman–Crippen MR) is 133 cm³/mol. The van der Waals surface area contributed by atoms with E-state index in [4.69, 9.17) is 0 Å². The Bertz CT molecular complexity index is 1530. The molecule has 6 nitrogen and oxygen atoms in total. The van der Waals surface area contributed by atoms with E-state index in [9.17, 15) is 58.2 Å². The van der Waals surface area contributed by atoms with Crippen LogP contribution in [0.1, 0.15) is 49.7 Å². The molecule has 15 heteroatoms. The molecule has 0 aromatic heterocycles. The molecule has 1 heterocycles. The predicted octanol–water partition coefficient (Wildman–Crippen LogP) is 6.05. The maximum atomic E-state index is 14.7. The molecule has 2 aromatic carbocycles. The summed E-state index contributed by atoms with van der Waals surface area (Å²) in [4.78, 5) is 26.5. The number of halogens is 8. The van der Waals surface area contributed by atoms with Crippen LogP contribution in [0.4, 0.5) is 35.1 Å². The topological polar surface area (TPSA) is 91.8 Å². The fraction of sp³-hybridized carbons (Fsp3) is 0.500. The fourth-order valence-corrected chi connectivity index (χ4v) is 9.10. The van der Waals surface area contributed by atoms with E-state index >= 15 is 0 Å². The summed E-state index contributed by atoms with van der Waals surface area (Å²) in [7, 11) is -4.60. The van der Waals surface area contributed by atoms with Crippen molar-refractivity contribution in [2.75, 3.05) is 13.1 Å². The molecule has 1 N–H and O–H groups in total. The number of alkyl halides is 7. The van der Waals surface area contributed by atoms with Gasteiger partial charge in [-0.15, -0.1) is 0 Å². The lowest BCUT2D eigenvalue weighted by Crippen LogP contribution is -2.50. The minimum atomic E-state index is -6.38. The lowest BCUT2D eigenvalue weighted by molar-refractivity contribution is -0.348. The minimum Gasteiger partial charge on any atom is -0.481 e. The number of carbonyl (C=O) groups excluding carboxylic acids is 1. The smallest absolute Gasteiger partial charge is 0.435 e. The van der Waals surface area contributed by atoms with Gasteiger partial charge >= 0.3 is 24.0 Å². The van der Waals surface area contributed by atoms with Crippen molar-refractivity contribution in [2.45, 2.75) is 66.2 Å². The SMILES string of the molecule is O=C(O)[C@]12CC[C@@](C(=O)N3CC[C@](c4ccc(C(F)(C(F)(F)F)C(F)(F)F)cc4)(S(=O)(=O)c4ccc(F)cc4)C3)(CC1)C2. The number of carboxylic acid groups (broad SMARTS) is 1. The van der Waals surface area contributed by atoms with Gasteiger partial charge in [-0.2, -0.15) is 26.3 Å². The van der Waals surface area contributed by atoms with Crippen LogP contribution in [-0.2, 0) is 29.8 Å². The molecule has 0 unspecified atom stereocenters. The van der Waals surface area contributed by atoms with Crippen molar-refractivity contribution >= 4 is 21.7 Å². The quantitative estimate of drug-likeness (QED) is 0.307. The van der Waals surface area contributed by atoms with Crippen molar-refractivity contribution in [1.82, 2.24) is 4.90 Å². The molecule has 0 spiro atoms. The summed E-state index contributed by atoms with van der Waals surface area (Å²) in [6, 6.07) is 5.36. The number of carboxylic acids is 1. The largest absolute Gasteiger partial charge is 0.481 e. The van der Waals surface area contributed by atoms with Crippen molar-refractivity contribution in [3.8, 4) is 0 Å². The molecule has 2 aromatic rings. The highest BCUT2D eigenvalue weighted by Gasteiger charge is 2.73. The Morgan fingerprint density at radius 3 is 1.74 bits per heavy atom. The van der Waals surface area contributed by atoms with E-state index in [0.717, 1.165) is 24.3 Å². The zero-order valence-electron chi connectivity index (χ0n) is 22.2. The Balaban J connectivity index is 1.57. The van der Waals surface area contributed by atoms with Crippen molar-refractivity contribution in [3.05, 3.63) is 65.5 Å². The van der Waals surface area contributed by atoms with Crippen molar-refractivity contribution in [1.29, 1.82) is 0 Å². The number of nitrogens with zero attached hydrogens (tertiary/aromatic N) is 1. The van der Waals surface area contributed by atoms with Crippen LogP contribution in [0.3, 0.4) is 0 Å². The van der Waals surface area contributed by atoms with Crippen molar-refractivity contribution in [3.63, 3.8) is 0 Å². The van der Waals surface area contributed by atoms with E-state index in [-0.39, 0.29) is 62.8 Å². The zero-order chi connectivity index (χ0) is 31.9. The molecule has 1 amide bonds. The van der Waals surface area contributed by atoms with Gasteiger partial charge in [0.15, 0.2) is 9.84 Å². The standard InChI is InChI=1S/C28H25F8NO5S/c29-19-5-7-20(8-6-19)43(41,42)25(17-1-3-18(4-2-17)26(30,27(31,32)33)28(34,35)36)13-14-37(16-25)21(38)23-9-11-24(15-23,12-10-23)22(39)40/h1-8H,9-16H2,(H,39,40)/t23-,24-,25-/m0/s1. The number of rotatable bonds is 6. The number of hydrogen-bond donors (Lipinski definition) is 1. The van der Waals surface area contributed by atoms with Crippen molar-refractivity contribution < 1.29 is 58.2 Å². The molecule has 3 aliphatic rings. The van der Waals surface area contributed by atoms with Gasteiger partial charge < -0.3 is 10.0 Å². The molecule has 1 atom stereocenters. The van der Waals surface area contributed by atoms with E-state index < -0.39 is 78.1 Å². The maximum absolute atomic E-state index is 14.7. The number of carbonyl (C=O) groups is 2. The van der Waals surface area contributed by atoms with E-state index in [2.05, 4.69) is 0 Å². The lowest BCUT2D eigenvalue weighted by atomic mass is 9.81. The first-order chi connectivity index (χ1) is 19.7. The summed E-state index contributed by atoms with van der Waals surface area (Å²) in [5, 5.41) is 9.72. The van der Waals surface area contributed by atoms with Crippen molar-refractivity contribution in [2.24, 2.45) is 10.8 Å². The van der Waals surface area contributed by atoms with Crippen LogP contribution in [0.25, 0.3) is 0 Å².